The number of methoxy groups -OCH3 is 1. The Morgan fingerprint density at radius 1 is 1.03 bits per heavy atom. The lowest BCUT2D eigenvalue weighted by molar-refractivity contribution is 0.0462. The summed E-state index contributed by atoms with van der Waals surface area (Å²) in [6.07, 6.45) is 0. The summed E-state index contributed by atoms with van der Waals surface area (Å²) in [6.45, 7) is 0.748. The van der Waals surface area contributed by atoms with Gasteiger partial charge in [0.05, 0.1) is 12.8 Å². The van der Waals surface area contributed by atoms with Gasteiger partial charge in [-0.25, -0.2) is 14.8 Å². The van der Waals surface area contributed by atoms with E-state index in [4.69, 9.17) is 9.47 Å². The molecule has 0 aliphatic heterocycles. The molecule has 4 rings (SSSR count). The summed E-state index contributed by atoms with van der Waals surface area (Å²) >= 11 is 2.87. The molecular formula is C22H19N3O3S2. The van der Waals surface area contributed by atoms with Gasteiger partial charge in [0, 0.05) is 22.9 Å². The summed E-state index contributed by atoms with van der Waals surface area (Å²) in [5.74, 6) is 0.311. The summed E-state index contributed by atoms with van der Waals surface area (Å²) in [6, 6.07) is 17.7. The van der Waals surface area contributed by atoms with Crippen LogP contribution in [0.5, 0.6) is 5.75 Å². The van der Waals surface area contributed by atoms with Crippen LogP contribution < -0.4 is 10.1 Å². The van der Waals surface area contributed by atoms with Gasteiger partial charge in [-0.2, -0.15) is 0 Å². The average Bonchev–Trinajstić information content (AvgIpc) is 3.47. The Morgan fingerprint density at radius 3 is 2.73 bits per heavy atom. The third kappa shape index (κ3) is 5.03. The van der Waals surface area contributed by atoms with E-state index < -0.39 is 5.97 Å². The minimum atomic E-state index is -0.463. The smallest absolute Gasteiger partial charge is 0.358 e. The van der Waals surface area contributed by atoms with E-state index in [1.165, 1.54) is 22.7 Å². The SMILES string of the molecule is COc1cccc(-c2nc(COC(=O)c3csc(NCc4ccccc4)n3)cs2)c1. The first-order valence-corrected chi connectivity index (χ1v) is 11.0. The number of aromatic nitrogens is 2. The Kier molecular flexibility index (Phi) is 6.36. The van der Waals surface area contributed by atoms with Gasteiger partial charge in [0.2, 0.25) is 0 Å². The number of carbonyl (C=O) groups excluding carboxylic acids is 1. The number of benzene rings is 2. The van der Waals surface area contributed by atoms with Gasteiger partial charge in [0.25, 0.3) is 0 Å². The molecule has 152 valence electrons. The second-order valence-corrected chi connectivity index (χ2v) is 8.05. The largest absolute Gasteiger partial charge is 0.497 e. The quantitative estimate of drug-likeness (QED) is 0.380. The van der Waals surface area contributed by atoms with Gasteiger partial charge in [0.15, 0.2) is 10.8 Å². The van der Waals surface area contributed by atoms with E-state index in [0.717, 1.165) is 21.9 Å². The molecule has 0 fully saturated rings. The molecule has 0 aliphatic carbocycles. The molecule has 0 saturated carbocycles. The lowest BCUT2D eigenvalue weighted by atomic mass is 10.2. The normalized spacial score (nSPS) is 10.6. The molecule has 6 nitrogen and oxygen atoms in total. The second kappa shape index (κ2) is 9.51. The van der Waals surface area contributed by atoms with Crippen molar-refractivity contribution in [3.63, 3.8) is 0 Å². The summed E-state index contributed by atoms with van der Waals surface area (Å²) in [5.41, 5.74) is 3.10. The molecule has 1 N–H and O–H groups in total. The van der Waals surface area contributed by atoms with Crippen LogP contribution in [0.1, 0.15) is 21.7 Å². The molecule has 0 amide bonds. The lowest BCUT2D eigenvalue weighted by Gasteiger charge is -2.02. The fourth-order valence-corrected chi connectivity index (χ4v) is 4.18. The van der Waals surface area contributed by atoms with Gasteiger partial charge in [0.1, 0.15) is 17.4 Å². The zero-order valence-electron chi connectivity index (χ0n) is 16.2. The molecule has 4 aromatic rings. The Balaban J connectivity index is 1.32. The number of hydrogen-bond acceptors (Lipinski definition) is 8. The van der Waals surface area contributed by atoms with Crippen LogP contribution in [0.15, 0.2) is 65.4 Å². The average molecular weight is 438 g/mol. The highest BCUT2D eigenvalue weighted by atomic mass is 32.1. The highest BCUT2D eigenvalue weighted by molar-refractivity contribution is 7.14. The third-order valence-corrected chi connectivity index (χ3v) is 5.96. The van der Waals surface area contributed by atoms with Crippen molar-refractivity contribution in [3.05, 3.63) is 82.3 Å². The number of esters is 1. The topological polar surface area (TPSA) is 73.3 Å². The van der Waals surface area contributed by atoms with Crippen molar-refractivity contribution in [3.8, 4) is 16.3 Å². The Labute approximate surface area is 182 Å². The standard InChI is InChI=1S/C22H19N3O3S2/c1-27-18-9-5-8-16(10-18)20-24-17(13-29-20)12-28-21(26)19-14-30-22(25-19)23-11-15-6-3-2-4-7-15/h2-10,13-14H,11-12H2,1H3,(H,23,25). The fourth-order valence-electron chi connectivity index (χ4n) is 2.70. The number of ether oxygens (including phenoxy) is 2. The van der Waals surface area contributed by atoms with Crippen molar-refractivity contribution >= 4 is 33.8 Å². The maximum absolute atomic E-state index is 12.3. The van der Waals surface area contributed by atoms with Gasteiger partial charge in [-0.15, -0.1) is 22.7 Å². The first-order valence-electron chi connectivity index (χ1n) is 9.20. The van der Waals surface area contributed by atoms with E-state index in [-0.39, 0.29) is 6.61 Å². The Morgan fingerprint density at radius 2 is 1.90 bits per heavy atom. The zero-order chi connectivity index (χ0) is 20.8. The van der Waals surface area contributed by atoms with Crippen molar-refractivity contribution in [1.29, 1.82) is 0 Å². The Hall–Kier alpha value is -3.23. The number of nitrogens with one attached hydrogen (secondary N) is 1. The molecule has 8 heteroatoms. The highest BCUT2D eigenvalue weighted by Crippen LogP contribution is 2.27. The zero-order valence-corrected chi connectivity index (χ0v) is 17.8. The minimum Gasteiger partial charge on any atom is -0.497 e. The van der Waals surface area contributed by atoms with Crippen LogP contribution in [0.3, 0.4) is 0 Å². The van der Waals surface area contributed by atoms with Crippen LogP contribution >= 0.6 is 22.7 Å². The number of nitrogens with zero attached hydrogens (tertiary/aromatic N) is 2. The third-order valence-electron chi connectivity index (χ3n) is 4.22. The van der Waals surface area contributed by atoms with Crippen LogP contribution in [-0.2, 0) is 17.9 Å². The van der Waals surface area contributed by atoms with Gasteiger partial charge >= 0.3 is 5.97 Å². The molecular weight excluding hydrogens is 418 g/mol. The van der Waals surface area contributed by atoms with Crippen molar-refractivity contribution < 1.29 is 14.3 Å². The van der Waals surface area contributed by atoms with Gasteiger partial charge in [-0.1, -0.05) is 42.5 Å². The Bertz CT molecular complexity index is 1130. The number of carbonyl (C=O) groups is 1. The highest BCUT2D eigenvalue weighted by Gasteiger charge is 2.14. The predicted molar refractivity (Wildman–Crippen MR) is 119 cm³/mol. The maximum atomic E-state index is 12.3. The molecule has 0 bridgehead atoms. The van der Waals surface area contributed by atoms with Crippen LogP contribution in [-0.4, -0.2) is 23.0 Å². The van der Waals surface area contributed by atoms with E-state index >= 15 is 0 Å². The first-order chi connectivity index (χ1) is 14.7. The van der Waals surface area contributed by atoms with E-state index in [1.54, 1.807) is 12.5 Å². The van der Waals surface area contributed by atoms with Gasteiger partial charge < -0.3 is 14.8 Å². The predicted octanol–water partition coefficient (Wildman–Crippen LogP) is 5.24. The van der Waals surface area contributed by atoms with Crippen LogP contribution in [0, 0.1) is 0 Å². The number of hydrogen-bond donors (Lipinski definition) is 1. The van der Waals surface area contributed by atoms with Crippen LogP contribution in [0.4, 0.5) is 5.13 Å². The van der Waals surface area contributed by atoms with Gasteiger partial charge in [-0.05, 0) is 17.7 Å². The molecule has 0 aliphatic rings. The minimum absolute atomic E-state index is 0.101. The molecule has 0 radical (unpaired) electrons. The van der Waals surface area contributed by atoms with E-state index in [9.17, 15) is 4.79 Å². The molecule has 0 saturated heterocycles. The van der Waals surface area contributed by atoms with Crippen LogP contribution in [0.25, 0.3) is 10.6 Å². The van der Waals surface area contributed by atoms with Crippen molar-refractivity contribution in [2.75, 3.05) is 12.4 Å². The van der Waals surface area contributed by atoms with Crippen molar-refractivity contribution in [2.45, 2.75) is 13.2 Å². The summed E-state index contributed by atoms with van der Waals surface area (Å²) in [4.78, 5) is 21.2. The maximum Gasteiger partial charge on any atom is 0.358 e. The monoisotopic (exact) mass is 437 g/mol. The van der Waals surface area contributed by atoms with Crippen molar-refractivity contribution in [1.82, 2.24) is 9.97 Å². The number of rotatable bonds is 8. The number of anilines is 1. The molecule has 2 heterocycles. The molecule has 2 aromatic heterocycles. The molecule has 30 heavy (non-hydrogen) atoms. The fraction of sp³-hybridized carbons (Fsp3) is 0.136. The van der Waals surface area contributed by atoms with Crippen molar-refractivity contribution in [2.24, 2.45) is 0 Å². The van der Waals surface area contributed by atoms with E-state index in [2.05, 4.69) is 15.3 Å². The summed E-state index contributed by atoms with van der Waals surface area (Å²) in [7, 11) is 1.63. The van der Waals surface area contributed by atoms with E-state index in [0.29, 0.717) is 23.1 Å². The first kappa shape index (κ1) is 20.1. The van der Waals surface area contributed by atoms with Gasteiger partial charge in [-0.3, -0.25) is 0 Å². The van der Waals surface area contributed by atoms with E-state index in [1.807, 2.05) is 60.0 Å². The molecule has 0 atom stereocenters. The molecule has 2 aromatic carbocycles. The molecule has 0 spiro atoms. The molecule has 0 unspecified atom stereocenters. The lowest BCUT2D eigenvalue weighted by Crippen LogP contribution is -2.06. The second-order valence-electron chi connectivity index (χ2n) is 6.33. The number of thiazole rings is 2. The summed E-state index contributed by atoms with van der Waals surface area (Å²) in [5, 5.41) is 8.33. The van der Waals surface area contributed by atoms with Crippen LogP contribution in [0.2, 0.25) is 0 Å². The summed E-state index contributed by atoms with van der Waals surface area (Å²) < 4.78 is 10.6.